The molecule has 0 saturated carbocycles. The van der Waals surface area contributed by atoms with Gasteiger partial charge in [-0.2, -0.15) is 0 Å². The molecule has 0 aromatic heterocycles. The average molecular weight is 365 g/mol. The predicted octanol–water partition coefficient (Wildman–Crippen LogP) is 5.39. The molecule has 0 atom stereocenters. The molecule has 0 aliphatic heterocycles. The summed E-state index contributed by atoms with van der Waals surface area (Å²) in [6.07, 6.45) is 0. The van der Waals surface area contributed by atoms with E-state index in [1.807, 2.05) is 30.3 Å². The van der Waals surface area contributed by atoms with E-state index in [4.69, 9.17) is 27.9 Å². The van der Waals surface area contributed by atoms with Crippen LogP contribution in [-0.4, -0.2) is 0 Å². The quantitative estimate of drug-likeness (QED) is 0.512. The molecule has 0 aliphatic rings. The Kier molecular flexibility index (Phi) is 3.95. The molecule has 0 spiro atoms. The summed E-state index contributed by atoms with van der Waals surface area (Å²) in [5, 5.41) is 1.17. The summed E-state index contributed by atoms with van der Waals surface area (Å²) < 4.78 is 6.45. The van der Waals surface area contributed by atoms with Gasteiger partial charge in [0.25, 0.3) is 0 Å². The van der Waals surface area contributed by atoms with Crippen LogP contribution in [0.2, 0.25) is 10.0 Å². The second-order valence-corrected chi connectivity index (χ2v) is 4.95. The predicted molar refractivity (Wildman–Crippen MR) is 75.7 cm³/mol. The Morgan fingerprint density at radius 1 is 0.938 bits per heavy atom. The summed E-state index contributed by atoms with van der Waals surface area (Å²) in [6.45, 7) is 0. The zero-order valence-corrected chi connectivity index (χ0v) is 11.8. The van der Waals surface area contributed by atoms with Gasteiger partial charge in [0.05, 0.1) is 13.6 Å². The molecule has 4 heteroatoms. The highest BCUT2D eigenvalue weighted by Gasteiger charge is 2.09. The maximum Gasteiger partial charge on any atom is 0.147 e. The number of hydrogen-bond donors (Lipinski definition) is 0. The van der Waals surface area contributed by atoms with E-state index in [1.165, 1.54) is 0 Å². The Labute approximate surface area is 117 Å². The van der Waals surface area contributed by atoms with Gasteiger partial charge in [-0.25, -0.2) is 0 Å². The van der Waals surface area contributed by atoms with Crippen LogP contribution in [0, 0.1) is 3.57 Å². The summed E-state index contributed by atoms with van der Waals surface area (Å²) in [7, 11) is 0. The van der Waals surface area contributed by atoms with Crippen LogP contribution in [-0.2, 0) is 0 Å². The Balaban J connectivity index is 2.33. The Bertz CT molecular complexity index is 500. The molecule has 0 heterocycles. The molecule has 0 N–H and O–H groups in total. The molecule has 0 radical (unpaired) electrons. The maximum atomic E-state index is 6.13. The third-order valence-corrected chi connectivity index (χ3v) is 4.42. The van der Waals surface area contributed by atoms with Crippen molar-refractivity contribution < 1.29 is 4.74 Å². The lowest BCUT2D eigenvalue weighted by Gasteiger charge is -2.09. The van der Waals surface area contributed by atoms with Gasteiger partial charge in [0.1, 0.15) is 11.5 Å². The SMILES string of the molecule is Clc1ccc(Oc2ccccc2)c(Cl)c1I. The van der Waals surface area contributed by atoms with Crippen LogP contribution in [0.1, 0.15) is 0 Å². The zero-order chi connectivity index (χ0) is 11.5. The highest BCUT2D eigenvalue weighted by Crippen LogP contribution is 2.36. The normalized spacial score (nSPS) is 10.2. The fourth-order valence-electron chi connectivity index (χ4n) is 1.20. The lowest BCUT2D eigenvalue weighted by molar-refractivity contribution is 0.482. The van der Waals surface area contributed by atoms with Crippen LogP contribution in [0.4, 0.5) is 0 Å². The van der Waals surface area contributed by atoms with Gasteiger partial charge >= 0.3 is 0 Å². The van der Waals surface area contributed by atoms with Crippen molar-refractivity contribution in [1.82, 2.24) is 0 Å². The van der Waals surface area contributed by atoms with Crippen molar-refractivity contribution in [2.24, 2.45) is 0 Å². The third kappa shape index (κ3) is 2.62. The van der Waals surface area contributed by atoms with Crippen LogP contribution >= 0.6 is 45.8 Å². The third-order valence-electron chi connectivity index (χ3n) is 1.97. The van der Waals surface area contributed by atoms with Gasteiger partial charge in [-0.3, -0.25) is 0 Å². The first kappa shape index (κ1) is 12.0. The highest BCUT2D eigenvalue weighted by molar-refractivity contribution is 14.1. The Morgan fingerprint density at radius 2 is 1.62 bits per heavy atom. The largest absolute Gasteiger partial charge is 0.456 e. The smallest absolute Gasteiger partial charge is 0.147 e. The van der Waals surface area contributed by atoms with E-state index >= 15 is 0 Å². The van der Waals surface area contributed by atoms with E-state index in [0.29, 0.717) is 15.8 Å². The summed E-state index contributed by atoms with van der Waals surface area (Å²) in [6, 6.07) is 13.0. The van der Waals surface area contributed by atoms with Gasteiger partial charge < -0.3 is 4.74 Å². The molecule has 0 saturated heterocycles. The minimum Gasteiger partial charge on any atom is -0.456 e. The summed E-state index contributed by atoms with van der Waals surface area (Å²) in [5.41, 5.74) is 0. The van der Waals surface area contributed by atoms with Crippen molar-refractivity contribution in [3.8, 4) is 11.5 Å². The number of rotatable bonds is 2. The molecule has 16 heavy (non-hydrogen) atoms. The topological polar surface area (TPSA) is 9.23 Å². The molecule has 0 aliphatic carbocycles. The van der Waals surface area contributed by atoms with Crippen molar-refractivity contribution in [1.29, 1.82) is 0 Å². The van der Waals surface area contributed by atoms with Gasteiger partial charge in [-0.05, 0) is 46.9 Å². The van der Waals surface area contributed by atoms with E-state index in [0.717, 1.165) is 9.32 Å². The molecule has 0 amide bonds. The van der Waals surface area contributed by atoms with Gasteiger partial charge in [0.2, 0.25) is 0 Å². The Hall–Kier alpha value is -0.450. The standard InChI is InChI=1S/C12H7Cl2IO/c13-9-6-7-10(11(14)12(9)15)16-8-4-2-1-3-5-8/h1-7H. The van der Waals surface area contributed by atoms with Gasteiger partial charge in [0.15, 0.2) is 0 Å². The number of halogens is 3. The second-order valence-electron chi connectivity index (χ2n) is 3.09. The van der Waals surface area contributed by atoms with Gasteiger partial charge in [-0.1, -0.05) is 41.4 Å². The maximum absolute atomic E-state index is 6.13. The highest BCUT2D eigenvalue weighted by atomic mass is 127. The molecule has 0 fully saturated rings. The number of hydrogen-bond acceptors (Lipinski definition) is 1. The summed E-state index contributed by atoms with van der Waals surface area (Å²) >= 11 is 14.2. The van der Waals surface area contributed by atoms with Crippen LogP contribution in [0.15, 0.2) is 42.5 Å². The average Bonchev–Trinajstić information content (AvgIpc) is 2.31. The lowest BCUT2D eigenvalue weighted by atomic mass is 10.3. The van der Waals surface area contributed by atoms with Crippen molar-refractivity contribution in [2.75, 3.05) is 0 Å². The second kappa shape index (κ2) is 5.25. The number of benzene rings is 2. The summed E-state index contributed by atoms with van der Waals surface area (Å²) in [5.74, 6) is 1.36. The molecule has 0 bridgehead atoms. The molecule has 82 valence electrons. The van der Waals surface area contributed by atoms with E-state index in [2.05, 4.69) is 22.6 Å². The van der Waals surface area contributed by atoms with E-state index in [-0.39, 0.29) is 0 Å². The van der Waals surface area contributed by atoms with Crippen molar-refractivity contribution >= 4 is 45.8 Å². The van der Waals surface area contributed by atoms with Crippen molar-refractivity contribution in [2.45, 2.75) is 0 Å². The van der Waals surface area contributed by atoms with E-state index < -0.39 is 0 Å². The minimum absolute atomic E-state index is 0.539. The molecular weight excluding hydrogens is 358 g/mol. The monoisotopic (exact) mass is 364 g/mol. The van der Waals surface area contributed by atoms with Crippen molar-refractivity contribution in [3.05, 3.63) is 56.1 Å². The fraction of sp³-hybridized carbons (Fsp3) is 0. The van der Waals surface area contributed by atoms with E-state index in [9.17, 15) is 0 Å². The van der Waals surface area contributed by atoms with Crippen LogP contribution in [0.25, 0.3) is 0 Å². The van der Waals surface area contributed by atoms with Gasteiger partial charge in [-0.15, -0.1) is 0 Å². The molecule has 0 unspecified atom stereocenters. The number of ether oxygens (including phenoxy) is 1. The first-order valence-electron chi connectivity index (χ1n) is 4.55. The molecule has 2 aromatic carbocycles. The first-order valence-corrected chi connectivity index (χ1v) is 6.38. The lowest BCUT2D eigenvalue weighted by Crippen LogP contribution is -1.87. The minimum atomic E-state index is 0.539. The fourth-order valence-corrected chi connectivity index (χ4v) is 2.06. The molecule has 2 rings (SSSR count). The Morgan fingerprint density at radius 3 is 2.31 bits per heavy atom. The van der Waals surface area contributed by atoms with Crippen molar-refractivity contribution in [3.63, 3.8) is 0 Å². The van der Waals surface area contributed by atoms with Gasteiger partial charge in [0, 0.05) is 0 Å². The summed E-state index contributed by atoms with van der Waals surface area (Å²) in [4.78, 5) is 0. The van der Waals surface area contributed by atoms with Crippen LogP contribution < -0.4 is 4.74 Å². The molecular formula is C12H7Cl2IO. The number of para-hydroxylation sites is 1. The molecule has 2 aromatic rings. The first-order chi connectivity index (χ1) is 7.68. The molecule has 1 nitrogen and oxygen atoms in total. The zero-order valence-electron chi connectivity index (χ0n) is 8.08. The van der Waals surface area contributed by atoms with E-state index in [1.54, 1.807) is 12.1 Å². The van der Waals surface area contributed by atoms with Crippen LogP contribution in [0.3, 0.4) is 0 Å². The van der Waals surface area contributed by atoms with Crippen LogP contribution in [0.5, 0.6) is 11.5 Å².